The number of oxazole rings is 1. The van der Waals surface area contributed by atoms with Crippen LogP contribution in [0.1, 0.15) is 21.8 Å². The van der Waals surface area contributed by atoms with Gasteiger partial charge >= 0.3 is 0 Å². The molecule has 0 saturated carbocycles. The minimum absolute atomic E-state index is 0.260. The highest BCUT2D eigenvalue weighted by atomic mass is 32.1. The van der Waals surface area contributed by atoms with E-state index in [9.17, 15) is 4.79 Å². The number of amides is 1. The number of benzene rings is 2. The van der Waals surface area contributed by atoms with Crippen LogP contribution in [0.3, 0.4) is 0 Å². The maximum atomic E-state index is 12.7. The maximum Gasteiger partial charge on any atom is 0.279 e. The third-order valence-electron chi connectivity index (χ3n) is 4.74. The lowest BCUT2D eigenvalue weighted by atomic mass is 10.1. The van der Waals surface area contributed by atoms with E-state index in [1.54, 1.807) is 6.92 Å². The van der Waals surface area contributed by atoms with E-state index in [4.69, 9.17) is 9.15 Å². The molecule has 0 fully saturated rings. The molecule has 2 aromatic heterocycles. The van der Waals surface area contributed by atoms with Crippen molar-refractivity contribution in [3.8, 4) is 28.5 Å². The highest BCUT2D eigenvalue weighted by Gasteiger charge is 2.20. The zero-order valence-electron chi connectivity index (χ0n) is 15.6. The van der Waals surface area contributed by atoms with Crippen LogP contribution in [0.2, 0.25) is 0 Å². The number of aryl methyl sites for hydroxylation is 1. The summed E-state index contributed by atoms with van der Waals surface area (Å²) in [5.41, 5.74) is 4.10. The minimum atomic E-state index is -0.336. The number of ether oxygens (including phenoxy) is 1. The third-order valence-corrected chi connectivity index (χ3v) is 5.50. The van der Waals surface area contributed by atoms with Gasteiger partial charge in [0.05, 0.1) is 12.3 Å². The smallest absolute Gasteiger partial charge is 0.279 e. The van der Waals surface area contributed by atoms with Gasteiger partial charge in [0, 0.05) is 22.9 Å². The lowest BCUT2D eigenvalue weighted by molar-refractivity contribution is 0.102. The van der Waals surface area contributed by atoms with Crippen molar-refractivity contribution >= 4 is 22.4 Å². The second-order valence-corrected chi connectivity index (χ2v) is 7.56. The Morgan fingerprint density at radius 2 is 1.97 bits per heavy atom. The molecule has 1 N–H and O–H groups in total. The molecule has 29 heavy (non-hydrogen) atoms. The second kappa shape index (κ2) is 7.18. The van der Waals surface area contributed by atoms with Crippen LogP contribution >= 0.6 is 11.3 Å². The standard InChI is InChI=1S/C22H17N3O3S/c1-13-19(24-21(28-13)14-5-3-2-4-6-14)20(26)25-22-23-17(12-29-22)15-7-8-18-16(11-15)9-10-27-18/h2-8,11-12H,9-10H2,1H3,(H,23,25,26). The molecule has 0 saturated heterocycles. The van der Waals surface area contributed by atoms with Gasteiger partial charge in [-0.3, -0.25) is 10.1 Å². The molecule has 6 nitrogen and oxygen atoms in total. The Bertz CT molecular complexity index is 1200. The van der Waals surface area contributed by atoms with E-state index in [0.29, 0.717) is 16.8 Å². The highest BCUT2D eigenvalue weighted by Crippen LogP contribution is 2.32. The average molecular weight is 403 g/mol. The molecule has 1 aliphatic heterocycles. The monoisotopic (exact) mass is 403 g/mol. The van der Waals surface area contributed by atoms with Crippen molar-refractivity contribution in [2.75, 3.05) is 11.9 Å². The zero-order valence-corrected chi connectivity index (χ0v) is 16.5. The fraction of sp³-hybridized carbons (Fsp3) is 0.136. The number of nitrogens with zero attached hydrogens (tertiary/aromatic N) is 2. The summed E-state index contributed by atoms with van der Waals surface area (Å²) >= 11 is 1.38. The summed E-state index contributed by atoms with van der Waals surface area (Å²) < 4.78 is 11.2. The van der Waals surface area contributed by atoms with Gasteiger partial charge in [-0.1, -0.05) is 18.2 Å². The molecule has 1 amide bonds. The normalized spacial score (nSPS) is 12.4. The van der Waals surface area contributed by atoms with Gasteiger partial charge < -0.3 is 9.15 Å². The highest BCUT2D eigenvalue weighted by molar-refractivity contribution is 7.14. The first-order valence-electron chi connectivity index (χ1n) is 9.23. The second-order valence-electron chi connectivity index (χ2n) is 6.70. The van der Waals surface area contributed by atoms with E-state index >= 15 is 0 Å². The molecule has 0 atom stereocenters. The van der Waals surface area contributed by atoms with Crippen molar-refractivity contribution in [3.63, 3.8) is 0 Å². The molecule has 0 spiro atoms. The Balaban J connectivity index is 1.35. The first-order valence-corrected chi connectivity index (χ1v) is 10.1. The molecule has 3 heterocycles. The van der Waals surface area contributed by atoms with Crippen LogP contribution in [0.15, 0.2) is 58.3 Å². The predicted molar refractivity (Wildman–Crippen MR) is 111 cm³/mol. The Kier molecular flexibility index (Phi) is 4.37. The lowest BCUT2D eigenvalue weighted by Crippen LogP contribution is -2.13. The fourth-order valence-electron chi connectivity index (χ4n) is 3.28. The molecule has 4 aromatic rings. The molecule has 2 aromatic carbocycles. The molecule has 0 bridgehead atoms. The van der Waals surface area contributed by atoms with E-state index in [1.165, 1.54) is 16.9 Å². The average Bonchev–Trinajstić information content (AvgIpc) is 3.47. The summed E-state index contributed by atoms with van der Waals surface area (Å²) in [5.74, 6) is 1.50. The molecule has 0 radical (unpaired) electrons. The largest absolute Gasteiger partial charge is 0.493 e. The van der Waals surface area contributed by atoms with Crippen LogP contribution in [0.25, 0.3) is 22.7 Å². The first-order chi connectivity index (χ1) is 14.2. The van der Waals surface area contributed by atoms with Crippen molar-refractivity contribution in [2.24, 2.45) is 0 Å². The fourth-order valence-corrected chi connectivity index (χ4v) is 3.99. The topological polar surface area (TPSA) is 77.3 Å². The quantitative estimate of drug-likeness (QED) is 0.521. The number of hydrogen-bond acceptors (Lipinski definition) is 6. The zero-order chi connectivity index (χ0) is 19.8. The molecule has 5 rings (SSSR count). The van der Waals surface area contributed by atoms with E-state index in [0.717, 1.165) is 35.6 Å². The summed E-state index contributed by atoms with van der Waals surface area (Å²) in [7, 11) is 0. The van der Waals surface area contributed by atoms with Gasteiger partial charge in [-0.15, -0.1) is 11.3 Å². The number of aromatic nitrogens is 2. The van der Waals surface area contributed by atoms with Gasteiger partial charge in [0.2, 0.25) is 5.89 Å². The molecular formula is C22H17N3O3S. The number of nitrogens with one attached hydrogen (secondary N) is 1. The van der Waals surface area contributed by atoms with Gasteiger partial charge in [0.25, 0.3) is 5.91 Å². The number of fused-ring (bicyclic) bond motifs is 1. The van der Waals surface area contributed by atoms with Crippen LogP contribution < -0.4 is 10.1 Å². The van der Waals surface area contributed by atoms with Gasteiger partial charge in [0.15, 0.2) is 10.8 Å². The van der Waals surface area contributed by atoms with Crippen molar-refractivity contribution in [3.05, 3.63) is 70.9 Å². The number of hydrogen-bond donors (Lipinski definition) is 1. The number of carbonyl (C=O) groups is 1. The summed E-state index contributed by atoms with van der Waals surface area (Å²) in [6.45, 7) is 2.45. The Hall–Kier alpha value is -3.45. The van der Waals surface area contributed by atoms with Crippen LogP contribution in [0, 0.1) is 6.92 Å². The number of anilines is 1. The van der Waals surface area contributed by atoms with E-state index < -0.39 is 0 Å². The van der Waals surface area contributed by atoms with Crippen LogP contribution in [-0.2, 0) is 6.42 Å². The number of carbonyl (C=O) groups excluding carboxylic acids is 1. The summed E-state index contributed by atoms with van der Waals surface area (Å²) in [4.78, 5) is 21.6. The van der Waals surface area contributed by atoms with Crippen LogP contribution in [-0.4, -0.2) is 22.5 Å². The summed E-state index contributed by atoms with van der Waals surface area (Å²) in [6, 6.07) is 15.5. The molecule has 0 unspecified atom stereocenters. The van der Waals surface area contributed by atoms with Crippen molar-refractivity contribution < 1.29 is 13.9 Å². The van der Waals surface area contributed by atoms with Crippen LogP contribution in [0.4, 0.5) is 5.13 Å². The molecule has 144 valence electrons. The summed E-state index contributed by atoms with van der Waals surface area (Å²) in [6.07, 6.45) is 0.909. The third kappa shape index (κ3) is 3.40. The summed E-state index contributed by atoms with van der Waals surface area (Å²) in [5, 5.41) is 5.28. The van der Waals surface area contributed by atoms with Gasteiger partial charge in [-0.25, -0.2) is 9.97 Å². The SMILES string of the molecule is Cc1oc(-c2ccccc2)nc1C(=O)Nc1nc(-c2ccc3c(c2)CCO3)cs1. The maximum absolute atomic E-state index is 12.7. The van der Waals surface area contributed by atoms with E-state index in [1.807, 2.05) is 47.8 Å². The van der Waals surface area contributed by atoms with Gasteiger partial charge in [-0.05, 0) is 42.8 Å². The Morgan fingerprint density at radius 1 is 1.10 bits per heavy atom. The lowest BCUT2D eigenvalue weighted by Gasteiger charge is -2.01. The number of thiazole rings is 1. The predicted octanol–water partition coefficient (Wildman–Crippen LogP) is 4.96. The van der Waals surface area contributed by atoms with Crippen molar-refractivity contribution in [1.29, 1.82) is 0 Å². The van der Waals surface area contributed by atoms with E-state index in [-0.39, 0.29) is 11.6 Å². The first kappa shape index (κ1) is 17.6. The molecule has 7 heteroatoms. The van der Waals surface area contributed by atoms with Crippen LogP contribution in [0.5, 0.6) is 5.75 Å². The Morgan fingerprint density at radius 3 is 2.83 bits per heavy atom. The van der Waals surface area contributed by atoms with Crippen molar-refractivity contribution in [1.82, 2.24) is 9.97 Å². The minimum Gasteiger partial charge on any atom is -0.493 e. The molecular weight excluding hydrogens is 386 g/mol. The molecule has 0 aliphatic carbocycles. The number of rotatable bonds is 4. The van der Waals surface area contributed by atoms with E-state index in [2.05, 4.69) is 21.4 Å². The Labute approximate surface area is 171 Å². The van der Waals surface area contributed by atoms with Crippen molar-refractivity contribution in [2.45, 2.75) is 13.3 Å². The van der Waals surface area contributed by atoms with Gasteiger partial charge in [-0.2, -0.15) is 0 Å². The van der Waals surface area contributed by atoms with Gasteiger partial charge in [0.1, 0.15) is 11.5 Å². The molecule has 1 aliphatic rings.